The Hall–Kier alpha value is -2.57. The molecule has 6 heterocycles. The summed E-state index contributed by atoms with van der Waals surface area (Å²) in [6, 6.07) is -0.121. The van der Waals surface area contributed by atoms with Gasteiger partial charge in [0.2, 0.25) is 0 Å². The lowest BCUT2D eigenvalue weighted by Crippen LogP contribution is -2.59. The molecular formula is C27H28ClF5N6O. The maximum absolute atomic E-state index is 15.2. The third kappa shape index (κ3) is 3.93. The average Bonchev–Trinajstić information content (AvgIpc) is 3.47. The van der Waals surface area contributed by atoms with Gasteiger partial charge in [-0.15, -0.1) is 0 Å². The first-order valence-corrected chi connectivity index (χ1v) is 13.9. The molecule has 214 valence electrons. The van der Waals surface area contributed by atoms with Crippen LogP contribution in [-0.2, 0) is 0 Å². The van der Waals surface area contributed by atoms with E-state index in [-0.39, 0.29) is 60.0 Å². The van der Waals surface area contributed by atoms with Gasteiger partial charge in [0.25, 0.3) is 12.2 Å². The van der Waals surface area contributed by atoms with Crippen LogP contribution in [0.5, 0.6) is 6.01 Å². The molecule has 7 rings (SSSR count). The Labute approximate surface area is 232 Å². The Balaban J connectivity index is 1.25. The van der Waals surface area contributed by atoms with E-state index in [2.05, 4.69) is 19.9 Å². The second-order valence-corrected chi connectivity index (χ2v) is 12.4. The van der Waals surface area contributed by atoms with E-state index in [1.54, 1.807) is 0 Å². The summed E-state index contributed by atoms with van der Waals surface area (Å²) in [6.45, 7) is 0.980. The van der Waals surface area contributed by atoms with E-state index in [0.29, 0.717) is 30.6 Å². The Bertz CT molecular complexity index is 1460. The smallest absolute Gasteiger partial charge is 0.319 e. The standard InChI is InChI=1S/C27H28ClF5N6O/c1-37-16-2-3-26(37,9-18(29)30)13-38(12-16)23-17-10-34-21(28)19(31)20(17)35-24(36-23)40-14-27-7-6-25(4-5-25)39(27)11-15(8-27)22(32)33/h9-10,16H,2-8,11-14H2,1H3. The maximum Gasteiger partial charge on any atom is 0.319 e. The second-order valence-electron chi connectivity index (χ2n) is 12.0. The first-order valence-electron chi connectivity index (χ1n) is 13.5. The Morgan fingerprint density at radius 3 is 2.65 bits per heavy atom. The number of pyridine rings is 1. The predicted octanol–water partition coefficient (Wildman–Crippen LogP) is 5.55. The number of fused-ring (bicyclic) bond motifs is 5. The van der Waals surface area contributed by atoms with Crippen molar-refractivity contribution in [3.05, 3.63) is 41.0 Å². The highest BCUT2D eigenvalue weighted by Gasteiger charge is 2.64. The monoisotopic (exact) mass is 582 g/mol. The van der Waals surface area contributed by atoms with Gasteiger partial charge >= 0.3 is 6.01 Å². The molecule has 40 heavy (non-hydrogen) atoms. The van der Waals surface area contributed by atoms with Crippen LogP contribution in [0.3, 0.4) is 0 Å². The highest BCUT2D eigenvalue weighted by Crippen LogP contribution is 2.60. The summed E-state index contributed by atoms with van der Waals surface area (Å²) in [5.41, 5.74) is -1.52. The number of hydrogen-bond donors (Lipinski definition) is 0. The van der Waals surface area contributed by atoms with Crippen molar-refractivity contribution in [2.75, 3.05) is 38.2 Å². The SMILES string of the molecule is CN1C2CCC1(C=C(F)F)CN(c1nc(OCC34CCC5(CC5)N3CC(=C(F)F)C4)nc3c(F)c(Cl)ncc13)C2. The molecule has 2 aromatic rings. The molecule has 0 radical (unpaired) electrons. The van der Waals surface area contributed by atoms with Gasteiger partial charge in [-0.2, -0.15) is 27.5 Å². The summed E-state index contributed by atoms with van der Waals surface area (Å²) < 4.78 is 75.7. The van der Waals surface area contributed by atoms with Gasteiger partial charge in [-0.05, 0) is 52.0 Å². The van der Waals surface area contributed by atoms with Gasteiger partial charge in [-0.25, -0.2) is 9.37 Å². The van der Waals surface area contributed by atoms with Crippen molar-refractivity contribution in [3.63, 3.8) is 0 Å². The van der Waals surface area contributed by atoms with Crippen LogP contribution >= 0.6 is 11.6 Å². The first kappa shape index (κ1) is 26.3. The van der Waals surface area contributed by atoms with Crippen LogP contribution in [0.1, 0.15) is 44.9 Å². The van der Waals surface area contributed by atoms with E-state index in [1.807, 2.05) is 16.8 Å². The average molecular weight is 583 g/mol. The minimum atomic E-state index is -1.76. The molecule has 5 aliphatic rings. The molecule has 0 amide bonds. The quantitative estimate of drug-likeness (QED) is 0.338. The molecule has 3 atom stereocenters. The molecular weight excluding hydrogens is 555 g/mol. The molecule has 0 aromatic carbocycles. The van der Waals surface area contributed by atoms with Gasteiger partial charge in [0.15, 0.2) is 11.0 Å². The summed E-state index contributed by atoms with van der Waals surface area (Å²) in [4.78, 5) is 18.9. The molecule has 7 nitrogen and oxygen atoms in total. The minimum Gasteiger partial charge on any atom is -0.461 e. The molecule has 3 unspecified atom stereocenters. The molecule has 0 N–H and O–H groups in total. The van der Waals surface area contributed by atoms with E-state index >= 15 is 4.39 Å². The molecule has 13 heteroatoms. The fourth-order valence-corrected chi connectivity index (χ4v) is 7.82. The fraction of sp³-hybridized carbons (Fsp3) is 0.593. The normalized spacial score (nSPS) is 30.8. The molecule has 4 saturated heterocycles. The van der Waals surface area contributed by atoms with E-state index in [0.717, 1.165) is 31.8 Å². The van der Waals surface area contributed by atoms with Crippen molar-refractivity contribution in [2.24, 2.45) is 0 Å². The summed E-state index contributed by atoms with van der Waals surface area (Å²) in [6.07, 6.45) is 4.02. The number of nitrogens with zero attached hydrogens (tertiary/aromatic N) is 6. The topological polar surface area (TPSA) is 57.6 Å². The zero-order valence-corrected chi connectivity index (χ0v) is 22.6. The number of hydrogen-bond acceptors (Lipinski definition) is 7. The minimum absolute atomic E-state index is 0.0104. The van der Waals surface area contributed by atoms with E-state index in [4.69, 9.17) is 16.3 Å². The van der Waals surface area contributed by atoms with Gasteiger partial charge < -0.3 is 9.64 Å². The molecule has 1 aliphatic carbocycles. The summed E-state index contributed by atoms with van der Waals surface area (Å²) in [5, 5.41) is -0.0677. The van der Waals surface area contributed by atoms with Gasteiger partial charge in [0.1, 0.15) is 17.9 Å². The highest BCUT2D eigenvalue weighted by molar-refractivity contribution is 6.30. The molecule has 2 bridgehead atoms. The lowest BCUT2D eigenvalue weighted by Gasteiger charge is -2.46. The molecule has 1 spiro atoms. The maximum atomic E-state index is 15.2. The highest BCUT2D eigenvalue weighted by atomic mass is 35.5. The van der Waals surface area contributed by atoms with Crippen molar-refractivity contribution in [3.8, 4) is 6.01 Å². The molecule has 4 aliphatic heterocycles. The number of halogens is 6. The van der Waals surface area contributed by atoms with Crippen LogP contribution in [0.4, 0.5) is 27.8 Å². The van der Waals surface area contributed by atoms with Crippen LogP contribution in [0, 0.1) is 5.82 Å². The van der Waals surface area contributed by atoms with Crippen molar-refractivity contribution < 1.29 is 26.7 Å². The predicted molar refractivity (Wildman–Crippen MR) is 138 cm³/mol. The first-order chi connectivity index (χ1) is 19.0. The Kier molecular flexibility index (Phi) is 5.90. The van der Waals surface area contributed by atoms with E-state index in [1.165, 1.54) is 6.20 Å². The van der Waals surface area contributed by atoms with Crippen LogP contribution in [0.2, 0.25) is 5.15 Å². The molecule has 1 saturated carbocycles. The zero-order chi connectivity index (χ0) is 28.0. The van der Waals surface area contributed by atoms with Crippen molar-refractivity contribution >= 4 is 28.3 Å². The van der Waals surface area contributed by atoms with Crippen LogP contribution < -0.4 is 9.64 Å². The van der Waals surface area contributed by atoms with Crippen molar-refractivity contribution in [1.29, 1.82) is 0 Å². The van der Waals surface area contributed by atoms with Crippen LogP contribution in [-0.4, -0.2) is 80.7 Å². The molecule has 5 fully saturated rings. The van der Waals surface area contributed by atoms with Gasteiger partial charge in [-0.3, -0.25) is 9.80 Å². The Morgan fingerprint density at radius 2 is 1.93 bits per heavy atom. The largest absolute Gasteiger partial charge is 0.461 e. The number of anilines is 1. The van der Waals surface area contributed by atoms with E-state index in [9.17, 15) is 17.6 Å². The summed E-state index contributed by atoms with van der Waals surface area (Å²) >= 11 is 5.99. The number of ether oxygens (including phenoxy) is 1. The number of likely N-dealkylation sites (N-methyl/N-ethyl adjacent to an activating group) is 1. The van der Waals surface area contributed by atoms with E-state index < -0.39 is 29.1 Å². The van der Waals surface area contributed by atoms with Crippen molar-refractivity contribution in [2.45, 2.75) is 67.6 Å². The van der Waals surface area contributed by atoms with Gasteiger partial charge in [-0.1, -0.05) is 11.6 Å². The van der Waals surface area contributed by atoms with Crippen LogP contribution in [0.25, 0.3) is 10.9 Å². The van der Waals surface area contributed by atoms with Gasteiger partial charge in [0, 0.05) is 49.1 Å². The summed E-state index contributed by atoms with van der Waals surface area (Å²) in [7, 11) is 1.84. The molecule has 2 aromatic heterocycles. The number of aromatic nitrogens is 3. The lowest BCUT2D eigenvalue weighted by molar-refractivity contribution is 0.0773. The lowest BCUT2D eigenvalue weighted by atomic mass is 9.93. The Morgan fingerprint density at radius 1 is 1.15 bits per heavy atom. The van der Waals surface area contributed by atoms with Crippen molar-refractivity contribution in [1.82, 2.24) is 24.8 Å². The zero-order valence-electron chi connectivity index (χ0n) is 21.9. The number of piperazine rings is 1. The summed E-state index contributed by atoms with van der Waals surface area (Å²) in [5.74, 6) is -0.515. The number of rotatable bonds is 5. The third-order valence-corrected chi connectivity index (χ3v) is 10.3. The third-order valence-electron chi connectivity index (χ3n) is 9.99. The van der Waals surface area contributed by atoms with Crippen LogP contribution in [0.15, 0.2) is 30.0 Å². The van der Waals surface area contributed by atoms with Gasteiger partial charge in [0.05, 0.1) is 16.5 Å². The second kappa shape index (κ2) is 8.96. The fourth-order valence-electron chi connectivity index (χ4n) is 7.69.